The average molecular weight is 448 g/mol. The first-order valence-electron chi connectivity index (χ1n) is 10.2. The molecule has 0 radical (unpaired) electrons. The van der Waals surface area contributed by atoms with Crippen LogP contribution >= 0.6 is 11.3 Å². The summed E-state index contributed by atoms with van der Waals surface area (Å²) >= 11 is 1.71. The number of hydrogen-bond donors (Lipinski definition) is 2. The number of nitrogens with zero attached hydrogens (tertiary/aromatic N) is 1. The molecule has 1 saturated heterocycles. The molecule has 162 valence electrons. The highest BCUT2D eigenvalue weighted by Crippen LogP contribution is 2.29. The van der Waals surface area contributed by atoms with Gasteiger partial charge in [0.05, 0.1) is 10.9 Å². The van der Waals surface area contributed by atoms with Crippen LogP contribution in [-0.2, 0) is 10.0 Å². The molecular formula is C22H29N3O3S2. The van der Waals surface area contributed by atoms with Crippen LogP contribution in [0, 0.1) is 5.92 Å². The number of thiophene rings is 1. The van der Waals surface area contributed by atoms with Gasteiger partial charge in [-0.15, -0.1) is 17.9 Å². The third-order valence-electron chi connectivity index (χ3n) is 5.43. The van der Waals surface area contributed by atoms with Gasteiger partial charge < -0.3 is 5.32 Å². The van der Waals surface area contributed by atoms with E-state index in [-0.39, 0.29) is 23.4 Å². The minimum absolute atomic E-state index is 0.125. The Morgan fingerprint density at radius 1 is 1.27 bits per heavy atom. The van der Waals surface area contributed by atoms with Crippen molar-refractivity contribution in [1.29, 1.82) is 0 Å². The predicted octanol–water partition coefficient (Wildman–Crippen LogP) is 3.42. The number of sulfonamides is 1. The van der Waals surface area contributed by atoms with Crippen molar-refractivity contribution < 1.29 is 13.2 Å². The lowest BCUT2D eigenvalue weighted by Gasteiger charge is -2.36. The second-order valence-electron chi connectivity index (χ2n) is 7.62. The number of amides is 1. The molecule has 0 spiro atoms. The van der Waals surface area contributed by atoms with Gasteiger partial charge in [-0.05, 0) is 67.6 Å². The highest BCUT2D eigenvalue weighted by molar-refractivity contribution is 7.89. The SMILES string of the molecule is C=CCNS(=O)(=O)c1ccc(C(=O)NCC(c2cccs2)N2CCC(C)CC2)cc1. The predicted molar refractivity (Wildman–Crippen MR) is 121 cm³/mol. The van der Waals surface area contributed by atoms with E-state index in [2.05, 4.69) is 39.9 Å². The van der Waals surface area contributed by atoms with Gasteiger partial charge in [0.1, 0.15) is 0 Å². The van der Waals surface area contributed by atoms with Gasteiger partial charge in [-0.1, -0.05) is 19.1 Å². The van der Waals surface area contributed by atoms with Crippen molar-refractivity contribution in [3.8, 4) is 0 Å². The Kier molecular flexibility index (Phi) is 7.82. The summed E-state index contributed by atoms with van der Waals surface area (Å²) in [5, 5.41) is 5.10. The summed E-state index contributed by atoms with van der Waals surface area (Å²) in [4.78, 5) is 16.5. The zero-order chi connectivity index (χ0) is 21.6. The van der Waals surface area contributed by atoms with E-state index in [1.165, 1.54) is 35.9 Å². The van der Waals surface area contributed by atoms with Crippen molar-refractivity contribution in [2.75, 3.05) is 26.2 Å². The van der Waals surface area contributed by atoms with E-state index in [0.29, 0.717) is 12.1 Å². The van der Waals surface area contributed by atoms with E-state index in [4.69, 9.17) is 0 Å². The molecule has 3 rings (SSSR count). The van der Waals surface area contributed by atoms with Gasteiger partial charge in [0, 0.05) is 23.5 Å². The second kappa shape index (κ2) is 10.3. The average Bonchev–Trinajstić information content (AvgIpc) is 3.28. The van der Waals surface area contributed by atoms with Crippen LogP contribution in [0.25, 0.3) is 0 Å². The van der Waals surface area contributed by atoms with Crippen molar-refractivity contribution in [2.45, 2.75) is 30.7 Å². The Morgan fingerprint density at radius 3 is 2.57 bits per heavy atom. The van der Waals surface area contributed by atoms with Gasteiger partial charge in [0.2, 0.25) is 10.0 Å². The Balaban J connectivity index is 1.64. The molecule has 2 aromatic rings. The monoisotopic (exact) mass is 447 g/mol. The molecule has 0 saturated carbocycles. The molecular weight excluding hydrogens is 418 g/mol. The molecule has 1 aromatic heterocycles. The summed E-state index contributed by atoms with van der Waals surface area (Å²) in [5.41, 5.74) is 0.440. The summed E-state index contributed by atoms with van der Waals surface area (Å²) in [6, 6.07) is 10.3. The third-order valence-corrected chi connectivity index (χ3v) is 7.84. The molecule has 6 nitrogen and oxygen atoms in total. The number of carbonyl (C=O) groups excluding carboxylic acids is 1. The van der Waals surface area contributed by atoms with Gasteiger partial charge in [-0.2, -0.15) is 0 Å². The maximum atomic E-state index is 12.7. The summed E-state index contributed by atoms with van der Waals surface area (Å²) in [6.07, 6.45) is 3.82. The first kappa shape index (κ1) is 22.7. The molecule has 0 bridgehead atoms. The first-order valence-corrected chi connectivity index (χ1v) is 12.5. The van der Waals surface area contributed by atoms with Gasteiger partial charge in [0.15, 0.2) is 0 Å². The Hall–Kier alpha value is -2.00. The van der Waals surface area contributed by atoms with Crippen LogP contribution in [0.4, 0.5) is 0 Å². The Morgan fingerprint density at radius 2 is 1.97 bits per heavy atom. The van der Waals surface area contributed by atoms with E-state index in [9.17, 15) is 13.2 Å². The largest absolute Gasteiger partial charge is 0.350 e. The normalized spacial score (nSPS) is 16.8. The Bertz CT molecular complexity index is 933. The van der Waals surface area contributed by atoms with Crippen LogP contribution < -0.4 is 10.0 Å². The molecule has 1 unspecified atom stereocenters. The number of nitrogens with one attached hydrogen (secondary N) is 2. The van der Waals surface area contributed by atoms with E-state index >= 15 is 0 Å². The van der Waals surface area contributed by atoms with Gasteiger partial charge in [0.25, 0.3) is 5.91 Å². The molecule has 1 aliphatic heterocycles. The summed E-state index contributed by atoms with van der Waals surface area (Å²) < 4.78 is 26.7. The van der Waals surface area contributed by atoms with Crippen LogP contribution in [0.3, 0.4) is 0 Å². The van der Waals surface area contributed by atoms with E-state index < -0.39 is 10.0 Å². The zero-order valence-electron chi connectivity index (χ0n) is 17.2. The van der Waals surface area contributed by atoms with Crippen LogP contribution in [0.2, 0.25) is 0 Å². The summed E-state index contributed by atoms with van der Waals surface area (Å²) in [6.45, 7) is 8.53. The zero-order valence-corrected chi connectivity index (χ0v) is 18.8. The number of hydrogen-bond acceptors (Lipinski definition) is 5. The van der Waals surface area contributed by atoms with Gasteiger partial charge in [-0.3, -0.25) is 9.69 Å². The smallest absolute Gasteiger partial charge is 0.251 e. The fourth-order valence-corrected chi connectivity index (χ4v) is 5.42. The molecule has 1 fully saturated rings. The number of rotatable bonds is 9. The highest BCUT2D eigenvalue weighted by atomic mass is 32.2. The van der Waals surface area contributed by atoms with Crippen molar-refractivity contribution in [1.82, 2.24) is 14.9 Å². The van der Waals surface area contributed by atoms with Gasteiger partial charge >= 0.3 is 0 Å². The quantitative estimate of drug-likeness (QED) is 0.578. The molecule has 1 aromatic carbocycles. The fraction of sp³-hybridized carbons (Fsp3) is 0.409. The lowest BCUT2D eigenvalue weighted by molar-refractivity contribution is 0.0915. The molecule has 1 aliphatic rings. The number of carbonyl (C=O) groups is 1. The van der Waals surface area contributed by atoms with Crippen LogP contribution in [-0.4, -0.2) is 45.4 Å². The minimum Gasteiger partial charge on any atom is -0.350 e. The molecule has 30 heavy (non-hydrogen) atoms. The van der Waals surface area contributed by atoms with Gasteiger partial charge in [-0.25, -0.2) is 13.1 Å². The summed E-state index contributed by atoms with van der Waals surface area (Å²) in [5.74, 6) is 0.542. The standard InChI is InChI=1S/C22H29N3O3S2/c1-3-12-24-30(27,28)19-8-6-18(7-9-19)22(26)23-16-20(21-5-4-15-29-21)25-13-10-17(2)11-14-25/h3-9,15,17,20,24H,1,10-14,16H2,2H3,(H,23,26). The van der Waals surface area contributed by atoms with E-state index in [0.717, 1.165) is 19.0 Å². The third kappa shape index (κ3) is 5.78. The second-order valence-corrected chi connectivity index (χ2v) is 10.4. The highest BCUT2D eigenvalue weighted by Gasteiger charge is 2.26. The molecule has 1 amide bonds. The molecule has 0 aliphatic carbocycles. The van der Waals surface area contributed by atoms with Crippen LogP contribution in [0.1, 0.15) is 41.0 Å². The topological polar surface area (TPSA) is 78.5 Å². The fourth-order valence-electron chi connectivity index (χ4n) is 3.56. The molecule has 8 heteroatoms. The minimum atomic E-state index is -3.60. The van der Waals surface area contributed by atoms with Crippen molar-refractivity contribution >= 4 is 27.3 Å². The van der Waals surface area contributed by atoms with Crippen molar-refractivity contribution in [3.63, 3.8) is 0 Å². The van der Waals surface area contributed by atoms with Crippen LogP contribution in [0.5, 0.6) is 0 Å². The lowest BCUT2D eigenvalue weighted by atomic mass is 9.97. The number of likely N-dealkylation sites (tertiary alicyclic amines) is 1. The first-order chi connectivity index (χ1) is 14.4. The molecule has 2 heterocycles. The lowest BCUT2D eigenvalue weighted by Crippen LogP contribution is -2.41. The molecule has 1 atom stereocenters. The maximum absolute atomic E-state index is 12.7. The Labute approximate surface area is 183 Å². The van der Waals surface area contributed by atoms with E-state index in [1.807, 2.05) is 6.07 Å². The maximum Gasteiger partial charge on any atom is 0.251 e. The van der Waals surface area contributed by atoms with Crippen molar-refractivity contribution in [3.05, 3.63) is 64.9 Å². The van der Waals surface area contributed by atoms with Crippen LogP contribution in [0.15, 0.2) is 59.3 Å². The van der Waals surface area contributed by atoms with E-state index in [1.54, 1.807) is 23.5 Å². The van der Waals surface area contributed by atoms with Crippen molar-refractivity contribution in [2.24, 2.45) is 5.92 Å². The number of piperidine rings is 1. The molecule has 2 N–H and O–H groups in total. The number of benzene rings is 1. The summed E-state index contributed by atoms with van der Waals surface area (Å²) in [7, 11) is -3.60.